The lowest BCUT2D eigenvalue weighted by molar-refractivity contribution is -0.134. The molecule has 0 radical (unpaired) electrons. The Hall–Kier alpha value is -4.38. The van der Waals surface area contributed by atoms with Gasteiger partial charge in [0.05, 0.1) is 58.1 Å². The summed E-state index contributed by atoms with van der Waals surface area (Å²) in [6.07, 6.45) is 2.51. The van der Waals surface area contributed by atoms with Crippen LogP contribution in [0.15, 0.2) is 42.5 Å². The van der Waals surface area contributed by atoms with Crippen LogP contribution in [0.5, 0.6) is 0 Å². The zero-order chi connectivity index (χ0) is 37.3. The third-order valence-electron chi connectivity index (χ3n) is 8.41. The van der Waals surface area contributed by atoms with Crippen molar-refractivity contribution in [3.05, 3.63) is 65.0 Å². The Kier molecular flexibility index (Phi) is 16.5. The number of urea groups is 1. The van der Waals surface area contributed by atoms with Crippen molar-refractivity contribution in [1.29, 1.82) is 0 Å². The number of aryl methyl sites for hydroxylation is 1. The average molecular weight is 744 g/mol. The topological polar surface area (TPSA) is 190 Å². The highest BCUT2D eigenvalue weighted by Crippen LogP contribution is 2.33. The number of halogens is 1. The molecule has 2 fully saturated rings. The van der Waals surface area contributed by atoms with Gasteiger partial charge in [-0.1, -0.05) is 12.5 Å². The van der Waals surface area contributed by atoms with E-state index in [-0.39, 0.29) is 54.0 Å². The maximum atomic E-state index is 13.1. The number of unbranched alkanes of at least 4 members (excludes halogenated alkanes) is 1. The van der Waals surface area contributed by atoms with E-state index in [4.69, 9.17) is 14.2 Å². The highest BCUT2D eigenvalue weighted by atomic mass is 32.2. The molecule has 2 aromatic carbocycles. The summed E-state index contributed by atoms with van der Waals surface area (Å²) < 4.78 is 29.5. The lowest BCUT2D eigenvalue weighted by Crippen LogP contribution is -2.36. The molecule has 4 rings (SSSR count). The van der Waals surface area contributed by atoms with Crippen LogP contribution in [0.25, 0.3) is 0 Å². The predicted molar refractivity (Wildman–Crippen MR) is 192 cm³/mol. The molecule has 0 aromatic heterocycles. The Labute approximate surface area is 306 Å². The summed E-state index contributed by atoms with van der Waals surface area (Å²) in [5, 5.41) is 14.4. The Morgan fingerprint density at radius 3 is 2.21 bits per heavy atom. The first-order valence-electron chi connectivity index (χ1n) is 17.3. The number of anilines is 1. The number of benzene rings is 2. The quantitative estimate of drug-likeness (QED) is 0.0372. The highest BCUT2D eigenvalue weighted by molar-refractivity contribution is 8.00. The molecule has 0 bridgehead atoms. The van der Waals surface area contributed by atoms with Crippen molar-refractivity contribution in [3.8, 4) is 0 Å². The average Bonchev–Trinajstić information content (AvgIpc) is 3.68. The molecule has 2 aromatic rings. The minimum atomic E-state index is -1.00. The molecule has 5 N–H and O–H groups in total. The summed E-state index contributed by atoms with van der Waals surface area (Å²) >= 11 is 1.88. The minimum Gasteiger partial charge on any atom is -0.377 e. The fraction of sp³-hybridized carbons (Fsp3) is 0.500. The zero-order valence-electron chi connectivity index (χ0n) is 29.1. The Morgan fingerprint density at radius 2 is 1.50 bits per heavy atom. The smallest absolute Gasteiger partial charge is 0.315 e. The molecule has 2 heterocycles. The van der Waals surface area contributed by atoms with Gasteiger partial charge in [0, 0.05) is 47.3 Å². The zero-order valence-corrected chi connectivity index (χ0v) is 29.9. The Balaban J connectivity index is 0.963. The molecule has 14 nitrogen and oxygen atoms in total. The van der Waals surface area contributed by atoms with E-state index in [1.54, 1.807) is 19.1 Å². The SMILES string of the molecule is Cc1ccc(C(=O)NCCOCCOCCOCCNC(=O)CCCC[C@@H]2SC[C@@H]3NC(=O)N[C@@H]32)cc1NC(=O)C(=O)CC(=O)c1ccc(F)cc1. The van der Waals surface area contributed by atoms with E-state index in [9.17, 15) is 33.2 Å². The van der Waals surface area contributed by atoms with Crippen LogP contribution >= 0.6 is 11.8 Å². The highest BCUT2D eigenvalue weighted by Gasteiger charge is 2.42. The number of hydrogen-bond acceptors (Lipinski definition) is 10. The van der Waals surface area contributed by atoms with Crippen molar-refractivity contribution in [2.24, 2.45) is 0 Å². The third-order valence-corrected chi connectivity index (χ3v) is 9.92. The number of amides is 5. The molecular weight excluding hydrogens is 697 g/mol. The summed E-state index contributed by atoms with van der Waals surface area (Å²) in [5.74, 6) is -2.58. The van der Waals surface area contributed by atoms with Crippen molar-refractivity contribution in [3.63, 3.8) is 0 Å². The molecule has 0 saturated carbocycles. The van der Waals surface area contributed by atoms with Gasteiger partial charge in [0.2, 0.25) is 11.7 Å². The number of hydrogen-bond donors (Lipinski definition) is 5. The number of fused-ring (bicyclic) bond motifs is 1. The van der Waals surface area contributed by atoms with Gasteiger partial charge in [-0.3, -0.25) is 24.0 Å². The van der Waals surface area contributed by atoms with E-state index in [1.807, 2.05) is 11.8 Å². The van der Waals surface area contributed by atoms with Gasteiger partial charge in [0.15, 0.2) is 5.78 Å². The maximum Gasteiger partial charge on any atom is 0.315 e. The van der Waals surface area contributed by atoms with Crippen LogP contribution in [0.2, 0.25) is 0 Å². The van der Waals surface area contributed by atoms with E-state index < -0.39 is 35.6 Å². The maximum absolute atomic E-state index is 13.1. The second-order valence-corrected chi connectivity index (χ2v) is 13.6. The largest absolute Gasteiger partial charge is 0.377 e. The number of rotatable bonds is 23. The first-order chi connectivity index (χ1) is 25.1. The third kappa shape index (κ3) is 13.3. The number of Topliss-reactive ketones (excluding diaryl/α,β-unsaturated/α-hetero) is 2. The normalized spacial score (nSPS) is 17.5. The summed E-state index contributed by atoms with van der Waals surface area (Å²) in [4.78, 5) is 73.2. The van der Waals surface area contributed by atoms with E-state index >= 15 is 0 Å². The Morgan fingerprint density at radius 1 is 0.846 bits per heavy atom. The standard InChI is InChI=1S/C36H46FN5O9S/c1-23-6-7-25(20-27(23)40-35(47)30(44)21-29(43)24-8-10-26(37)11-9-24)34(46)39-13-15-50-17-19-51-18-16-49-14-12-38-32(45)5-3-2-4-31-33-28(22-52-31)41-36(48)42-33/h6-11,20,28,31,33H,2-5,12-19,21-22H2,1H3,(H,38,45)(H,39,46)(H,40,47)(H2,41,42,48)/t28-,31-,33-/m0/s1. The molecule has 5 amide bonds. The lowest BCUT2D eigenvalue weighted by atomic mass is 10.0. The fourth-order valence-electron chi connectivity index (χ4n) is 5.56. The number of ether oxygens (including phenoxy) is 3. The summed E-state index contributed by atoms with van der Waals surface area (Å²) in [7, 11) is 0. The van der Waals surface area contributed by atoms with Gasteiger partial charge < -0.3 is 40.8 Å². The first kappa shape index (κ1) is 40.4. The molecule has 2 aliphatic rings. The molecular formula is C36H46FN5O9S. The molecule has 0 spiro atoms. The van der Waals surface area contributed by atoms with Crippen molar-refractivity contribution in [2.45, 2.75) is 56.4 Å². The number of carbonyl (C=O) groups is 6. The number of ketones is 2. The first-order valence-corrected chi connectivity index (χ1v) is 18.4. The van der Waals surface area contributed by atoms with Crippen molar-refractivity contribution >= 4 is 52.8 Å². The molecule has 16 heteroatoms. The van der Waals surface area contributed by atoms with Crippen molar-refractivity contribution in [1.82, 2.24) is 21.3 Å². The second-order valence-electron chi connectivity index (χ2n) is 12.3. The van der Waals surface area contributed by atoms with Crippen molar-refractivity contribution in [2.75, 3.05) is 63.8 Å². The van der Waals surface area contributed by atoms with Crippen LogP contribution in [0.4, 0.5) is 14.9 Å². The summed E-state index contributed by atoms with van der Waals surface area (Å²) in [6.45, 7) is 4.37. The molecule has 0 unspecified atom stereocenters. The number of carbonyl (C=O) groups excluding carboxylic acids is 6. The van der Waals surface area contributed by atoms with Crippen LogP contribution in [-0.4, -0.2) is 111 Å². The van der Waals surface area contributed by atoms with Gasteiger partial charge in [0.1, 0.15) is 5.82 Å². The lowest BCUT2D eigenvalue weighted by Gasteiger charge is -2.16. The molecule has 2 saturated heterocycles. The van der Waals surface area contributed by atoms with Crippen LogP contribution in [0.1, 0.15) is 58.4 Å². The fourth-order valence-corrected chi connectivity index (χ4v) is 7.10. The molecule has 3 atom stereocenters. The summed E-state index contributed by atoms with van der Waals surface area (Å²) in [6, 6.07) is 9.64. The van der Waals surface area contributed by atoms with Crippen LogP contribution in [0, 0.1) is 12.7 Å². The van der Waals surface area contributed by atoms with Gasteiger partial charge in [-0.05, 0) is 61.7 Å². The number of nitrogens with one attached hydrogen (secondary N) is 5. The molecule has 52 heavy (non-hydrogen) atoms. The van der Waals surface area contributed by atoms with E-state index in [0.717, 1.165) is 37.1 Å². The minimum absolute atomic E-state index is 0.00192. The molecule has 0 aliphatic carbocycles. The summed E-state index contributed by atoms with van der Waals surface area (Å²) in [5.41, 5.74) is 1.23. The predicted octanol–water partition coefficient (Wildman–Crippen LogP) is 2.54. The van der Waals surface area contributed by atoms with Gasteiger partial charge in [-0.2, -0.15) is 11.8 Å². The van der Waals surface area contributed by atoms with Crippen molar-refractivity contribution < 1.29 is 47.4 Å². The molecule has 2 aliphatic heterocycles. The van der Waals surface area contributed by atoms with E-state index in [2.05, 4.69) is 26.6 Å². The molecule has 282 valence electrons. The monoisotopic (exact) mass is 743 g/mol. The second kappa shape index (κ2) is 21.2. The van der Waals surface area contributed by atoms with Gasteiger partial charge in [-0.15, -0.1) is 0 Å². The van der Waals surface area contributed by atoms with Crippen LogP contribution in [-0.2, 0) is 28.6 Å². The van der Waals surface area contributed by atoms with Gasteiger partial charge >= 0.3 is 6.03 Å². The van der Waals surface area contributed by atoms with Crippen LogP contribution < -0.4 is 26.6 Å². The van der Waals surface area contributed by atoms with E-state index in [0.29, 0.717) is 56.8 Å². The van der Waals surface area contributed by atoms with Gasteiger partial charge in [-0.25, -0.2) is 9.18 Å². The Bertz CT molecular complexity index is 1560. The van der Waals surface area contributed by atoms with Crippen LogP contribution in [0.3, 0.4) is 0 Å². The number of thioether (sulfide) groups is 1. The van der Waals surface area contributed by atoms with E-state index in [1.165, 1.54) is 18.2 Å². The van der Waals surface area contributed by atoms with Gasteiger partial charge in [0.25, 0.3) is 11.8 Å².